The molecule has 2 aromatic heterocycles. The van der Waals surface area contributed by atoms with Crippen LogP contribution in [0.5, 0.6) is 0 Å². The summed E-state index contributed by atoms with van der Waals surface area (Å²) in [7, 11) is 1.87. The molecule has 0 unspecified atom stereocenters. The zero-order valence-electron chi connectivity index (χ0n) is 15.2. The summed E-state index contributed by atoms with van der Waals surface area (Å²) in [5.41, 5.74) is 0.902. The van der Waals surface area contributed by atoms with Crippen LogP contribution in [0.1, 0.15) is 27.7 Å². The molecule has 25 heavy (non-hydrogen) atoms. The number of rotatable bonds is 1. The van der Waals surface area contributed by atoms with Gasteiger partial charge in [-0.25, -0.2) is 9.78 Å². The molecule has 1 aliphatic rings. The van der Waals surface area contributed by atoms with Crippen molar-refractivity contribution >= 4 is 34.7 Å². The number of imidazole rings is 1. The number of carbonyl (C=O) groups excluding carboxylic acids is 1. The number of hydrogen-bond acceptors (Lipinski definition) is 6. The number of aryl methyl sites for hydroxylation is 1. The molecule has 0 aliphatic carbocycles. The number of hydrogen-bond donors (Lipinski definition) is 0. The van der Waals surface area contributed by atoms with Gasteiger partial charge in [0.15, 0.2) is 17.0 Å². The number of aromatic nitrogens is 4. The highest BCUT2D eigenvalue weighted by atomic mass is 35.5. The standard InChI is InChI=1S/C16H23ClN6O2/c1-10-8-22(15(24)25-16(2,3)4)6-7-23(10)13-11-12(19-14(17)20-13)21(5)9-18-11/h9-10H,6-8H2,1-5H3/t10-/m1/s1. The maximum atomic E-state index is 12.3. The van der Waals surface area contributed by atoms with Gasteiger partial charge in [0.25, 0.3) is 0 Å². The van der Waals surface area contributed by atoms with Crippen molar-refractivity contribution in [2.24, 2.45) is 7.05 Å². The average Bonchev–Trinajstić information content (AvgIpc) is 2.86. The number of piperazine rings is 1. The first kappa shape index (κ1) is 17.7. The number of carbonyl (C=O) groups is 1. The van der Waals surface area contributed by atoms with E-state index in [0.717, 1.165) is 0 Å². The second kappa shape index (κ2) is 6.33. The molecule has 0 aromatic carbocycles. The molecule has 0 radical (unpaired) electrons. The van der Waals surface area contributed by atoms with Gasteiger partial charge in [0.1, 0.15) is 5.60 Å². The third-order valence-electron chi connectivity index (χ3n) is 4.07. The van der Waals surface area contributed by atoms with E-state index < -0.39 is 5.60 Å². The van der Waals surface area contributed by atoms with Crippen LogP contribution in [-0.4, -0.2) is 61.8 Å². The van der Waals surface area contributed by atoms with Crippen molar-refractivity contribution < 1.29 is 9.53 Å². The zero-order chi connectivity index (χ0) is 18.4. The molecule has 136 valence electrons. The van der Waals surface area contributed by atoms with Crippen LogP contribution in [0.4, 0.5) is 10.6 Å². The van der Waals surface area contributed by atoms with Gasteiger partial charge in [-0.3, -0.25) is 0 Å². The number of amides is 1. The molecule has 1 fully saturated rings. The molecular weight excluding hydrogens is 344 g/mol. The summed E-state index contributed by atoms with van der Waals surface area (Å²) in [4.78, 5) is 29.2. The molecule has 0 spiro atoms. The lowest BCUT2D eigenvalue weighted by Crippen LogP contribution is -2.55. The summed E-state index contributed by atoms with van der Waals surface area (Å²) in [6, 6.07) is 0.0532. The lowest BCUT2D eigenvalue weighted by atomic mass is 10.2. The molecule has 1 aliphatic heterocycles. The molecule has 2 aromatic rings. The second-order valence-electron chi connectivity index (χ2n) is 7.31. The predicted octanol–water partition coefficient (Wildman–Crippen LogP) is 2.46. The lowest BCUT2D eigenvalue weighted by molar-refractivity contribution is 0.0218. The van der Waals surface area contributed by atoms with Gasteiger partial charge in [0.05, 0.1) is 6.33 Å². The number of fused-ring (bicyclic) bond motifs is 1. The minimum Gasteiger partial charge on any atom is -0.444 e. The Morgan fingerprint density at radius 1 is 1.32 bits per heavy atom. The topological polar surface area (TPSA) is 76.4 Å². The van der Waals surface area contributed by atoms with E-state index in [9.17, 15) is 4.79 Å². The number of halogens is 1. The van der Waals surface area contributed by atoms with Crippen molar-refractivity contribution in [2.75, 3.05) is 24.5 Å². The van der Waals surface area contributed by atoms with Crippen molar-refractivity contribution in [2.45, 2.75) is 39.3 Å². The van der Waals surface area contributed by atoms with E-state index in [1.807, 2.05) is 39.3 Å². The molecule has 9 heteroatoms. The quantitative estimate of drug-likeness (QED) is 0.721. The Labute approximate surface area is 151 Å². The molecule has 1 saturated heterocycles. The Kier molecular flexibility index (Phi) is 4.49. The first-order valence-corrected chi connectivity index (χ1v) is 8.62. The SMILES string of the molecule is C[C@@H]1CN(C(=O)OC(C)(C)C)CCN1c1nc(Cl)nc2c1ncn2C. The minimum atomic E-state index is -0.502. The van der Waals surface area contributed by atoms with E-state index >= 15 is 0 Å². The summed E-state index contributed by atoms with van der Waals surface area (Å²) in [5, 5.41) is 0.188. The average molecular weight is 367 g/mol. The Morgan fingerprint density at radius 3 is 2.68 bits per heavy atom. The van der Waals surface area contributed by atoms with Gasteiger partial charge in [-0.1, -0.05) is 0 Å². The summed E-state index contributed by atoms with van der Waals surface area (Å²) in [6.07, 6.45) is 1.41. The Bertz CT molecular complexity index is 800. The van der Waals surface area contributed by atoms with Gasteiger partial charge in [0.2, 0.25) is 5.28 Å². The maximum Gasteiger partial charge on any atom is 0.410 e. The van der Waals surface area contributed by atoms with Crippen LogP contribution in [0, 0.1) is 0 Å². The van der Waals surface area contributed by atoms with E-state index in [2.05, 4.69) is 19.9 Å². The first-order valence-electron chi connectivity index (χ1n) is 8.25. The third kappa shape index (κ3) is 3.63. The predicted molar refractivity (Wildman–Crippen MR) is 95.9 cm³/mol. The monoisotopic (exact) mass is 366 g/mol. The molecule has 0 saturated carbocycles. The van der Waals surface area contributed by atoms with Gasteiger partial charge in [-0.05, 0) is 39.3 Å². The molecule has 1 atom stereocenters. The fraction of sp³-hybridized carbons (Fsp3) is 0.625. The van der Waals surface area contributed by atoms with Gasteiger partial charge >= 0.3 is 6.09 Å². The minimum absolute atomic E-state index is 0.0532. The molecule has 1 amide bonds. The summed E-state index contributed by atoms with van der Waals surface area (Å²) >= 11 is 6.10. The third-order valence-corrected chi connectivity index (χ3v) is 4.23. The molecule has 8 nitrogen and oxygen atoms in total. The largest absolute Gasteiger partial charge is 0.444 e. The van der Waals surface area contributed by atoms with Crippen molar-refractivity contribution in [1.29, 1.82) is 0 Å². The lowest BCUT2D eigenvalue weighted by Gasteiger charge is -2.40. The summed E-state index contributed by atoms with van der Waals surface area (Å²) in [6.45, 7) is 9.36. The number of nitrogens with zero attached hydrogens (tertiary/aromatic N) is 6. The van der Waals surface area contributed by atoms with Crippen LogP contribution >= 0.6 is 11.6 Å². The molecule has 3 heterocycles. The van der Waals surface area contributed by atoms with Gasteiger partial charge in [-0.2, -0.15) is 9.97 Å². The van der Waals surface area contributed by atoms with Crippen molar-refractivity contribution in [1.82, 2.24) is 24.4 Å². The summed E-state index contributed by atoms with van der Waals surface area (Å²) in [5.74, 6) is 0.701. The summed E-state index contributed by atoms with van der Waals surface area (Å²) < 4.78 is 7.28. The van der Waals surface area contributed by atoms with E-state index in [4.69, 9.17) is 16.3 Å². The van der Waals surface area contributed by atoms with E-state index in [1.165, 1.54) is 0 Å². The molecular formula is C16H23ClN6O2. The molecule has 3 rings (SSSR count). The van der Waals surface area contributed by atoms with Gasteiger partial charge < -0.3 is 19.1 Å². The Balaban J connectivity index is 1.82. The van der Waals surface area contributed by atoms with Crippen molar-refractivity contribution in [3.8, 4) is 0 Å². The number of ether oxygens (including phenoxy) is 1. The van der Waals surface area contributed by atoms with Crippen LogP contribution in [0.15, 0.2) is 6.33 Å². The Hall–Kier alpha value is -2.09. The maximum absolute atomic E-state index is 12.3. The number of anilines is 1. The van der Waals surface area contributed by atoms with Crippen LogP contribution in [-0.2, 0) is 11.8 Å². The fourth-order valence-electron chi connectivity index (χ4n) is 2.93. The second-order valence-corrected chi connectivity index (χ2v) is 7.65. The van der Waals surface area contributed by atoms with Gasteiger partial charge in [-0.15, -0.1) is 0 Å². The van der Waals surface area contributed by atoms with Crippen LogP contribution in [0.2, 0.25) is 5.28 Å². The highest BCUT2D eigenvalue weighted by Crippen LogP contribution is 2.27. The Morgan fingerprint density at radius 2 is 2.04 bits per heavy atom. The first-order chi connectivity index (χ1) is 11.7. The van der Waals surface area contributed by atoms with E-state index in [1.54, 1.807) is 11.2 Å². The van der Waals surface area contributed by atoms with E-state index in [-0.39, 0.29) is 17.4 Å². The highest BCUT2D eigenvalue weighted by molar-refractivity contribution is 6.28. The van der Waals surface area contributed by atoms with Crippen LogP contribution < -0.4 is 4.90 Å². The van der Waals surface area contributed by atoms with Crippen molar-refractivity contribution in [3.63, 3.8) is 0 Å². The van der Waals surface area contributed by atoms with Crippen LogP contribution in [0.25, 0.3) is 11.2 Å². The van der Waals surface area contributed by atoms with E-state index in [0.29, 0.717) is 36.6 Å². The van der Waals surface area contributed by atoms with Crippen molar-refractivity contribution in [3.05, 3.63) is 11.6 Å². The zero-order valence-corrected chi connectivity index (χ0v) is 15.9. The molecule has 0 bridgehead atoms. The molecule has 0 N–H and O–H groups in total. The highest BCUT2D eigenvalue weighted by Gasteiger charge is 2.32. The normalized spacial score (nSPS) is 18.7. The van der Waals surface area contributed by atoms with Gasteiger partial charge in [0, 0.05) is 32.7 Å². The fourth-order valence-corrected chi connectivity index (χ4v) is 3.09. The smallest absolute Gasteiger partial charge is 0.410 e. The van der Waals surface area contributed by atoms with Crippen LogP contribution in [0.3, 0.4) is 0 Å².